The lowest BCUT2D eigenvalue weighted by Gasteiger charge is -2.10. The summed E-state index contributed by atoms with van der Waals surface area (Å²) in [7, 11) is 1.58. The van der Waals surface area contributed by atoms with Crippen LogP contribution in [0.4, 0.5) is 0 Å². The molecular formula is C11H14O4S. The molecule has 0 aliphatic heterocycles. The first-order valence-corrected chi connectivity index (χ1v) is 5.77. The van der Waals surface area contributed by atoms with Crippen molar-refractivity contribution in [3.63, 3.8) is 0 Å². The van der Waals surface area contributed by atoms with Crippen molar-refractivity contribution >= 4 is 17.7 Å². The van der Waals surface area contributed by atoms with Crippen LogP contribution < -0.4 is 4.74 Å². The maximum absolute atomic E-state index is 10.4. The van der Waals surface area contributed by atoms with Gasteiger partial charge in [-0.1, -0.05) is 12.1 Å². The first-order chi connectivity index (χ1) is 7.63. The number of ether oxygens (including phenoxy) is 1. The van der Waals surface area contributed by atoms with Crippen molar-refractivity contribution < 1.29 is 19.7 Å². The number of thioether (sulfide) groups is 1. The highest BCUT2D eigenvalue weighted by atomic mass is 32.2. The van der Waals surface area contributed by atoms with Crippen molar-refractivity contribution in [2.75, 3.05) is 12.9 Å². The van der Waals surface area contributed by atoms with Gasteiger partial charge in [0.2, 0.25) is 0 Å². The Morgan fingerprint density at radius 3 is 2.81 bits per heavy atom. The van der Waals surface area contributed by atoms with E-state index in [1.807, 2.05) is 24.3 Å². The van der Waals surface area contributed by atoms with Gasteiger partial charge < -0.3 is 14.9 Å². The highest BCUT2D eigenvalue weighted by molar-refractivity contribution is 7.99. The van der Waals surface area contributed by atoms with E-state index in [0.717, 1.165) is 10.6 Å². The summed E-state index contributed by atoms with van der Waals surface area (Å²) in [6, 6.07) is 7.42. The Bertz CT molecular complexity index is 354. The third kappa shape index (κ3) is 4.12. The van der Waals surface area contributed by atoms with Crippen LogP contribution in [0.25, 0.3) is 0 Å². The van der Waals surface area contributed by atoms with Gasteiger partial charge in [0.15, 0.2) is 0 Å². The molecule has 0 bridgehead atoms. The molecule has 0 aromatic heterocycles. The number of carbonyl (C=O) groups is 1. The summed E-state index contributed by atoms with van der Waals surface area (Å²) in [5.74, 6) is 0.0790. The van der Waals surface area contributed by atoms with Gasteiger partial charge in [-0.25, -0.2) is 0 Å². The summed E-state index contributed by atoms with van der Waals surface area (Å²) in [6.45, 7) is 0. The number of aliphatic hydroxyl groups is 1. The molecule has 0 amide bonds. The smallest absolute Gasteiger partial charge is 0.306 e. The van der Waals surface area contributed by atoms with Gasteiger partial charge >= 0.3 is 5.97 Å². The van der Waals surface area contributed by atoms with E-state index >= 15 is 0 Å². The van der Waals surface area contributed by atoms with Crippen LogP contribution in [0, 0.1) is 0 Å². The molecule has 0 saturated heterocycles. The van der Waals surface area contributed by atoms with E-state index in [9.17, 15) is 9.90 Å². The first kappa shape index (κ1) is 12.9. The molecule has 1 unspecified atom stereocenters. The molecule has 0 aliphatic carbocycles. The molecule has 2 N–H and O–H groups in total. The zero-order valence-corrected chi connectivity index (χ0v) is 9.74. The Morgan fingerprint density at radius 2 is 2.19 bits per heavy atom. The Hall–Kier alpha value is -1.20. The highest BCUT2D eigenvalue weighted by Crippen LogP contribution is 2.29. The van der Waals surface area contributed by atoms with Crippen molar-refractivity contribution in [1.82, 2.24) is 0 Å². The van der Waals surface area contributed by atoms with Gasteiger partial charge in [-0.2, -0.15) is 0 Å². The number of methoxy groups -OCH3 is 1. The van der Waals surface area contributed by atoms with Gasteiger partial charge in [0.25, 0.3) is 0 Å². The second kappa shape index (κ2) is 6.40. The monoisotopic (exact) mass is 242 g/mol. The number of carboxylic acid groups (broad SMARTS) is 1. The van der Waals surface area contributed by atoms with E-state index in [1.54, 1.807) is 7.11 Å². The topological polar surface area (TPSA) is 66.8 Å². The minimum atomic E-state index is -0.992. The number of aliphatic hydroxyl groups excluding tert-OH is 1. The minimum absolute atomic E-state index is 0.234. The maximum atomic E-state index is 10.4. The normalized spacial score (nSPS) is 12.1. The van der Waals surface area contributed by atoms with Crippen LogP contribution in [-0.4, -0.2) is 35.1 Å². The van der Waals surface area contributed by atoms with Crippen LogP contribution in [-0.2, 0) is 4.79 Å². The van der Waals surface area contributed by atoms with Gasteiger partial charge in [0.05, 0.1) is 19.6 Å². The van der Waals surface area contributed by atoms with E-state index in [2.05, 4.69) is 0 Å². The Morgan fingerprint density at radius 1 is 1.50 bits per heavy atom. The number of para-hydroxylation sites is 1. The second-order valence-corrected chi connectivity index (χ2v) is 4.28. The fourth-order valence-electron chi connectivity index (χ4n) is 1.18. The molecule has 0 spiro atoms. The van der Waals surface area contributed by atoms with Crippen LogP contribution in [0.5, 0.6) is 5.75 Å². The Labute approximate surface area is 98.2 Å². The third-order valence-corrected chi connectivity index (χ3v) is 3.11. The molecule has 5 heteroatoms. The standard InChI is InChI=1S/C11H14O4S/c1-15-9-4-2-3-5-10(9)16-7-8(12)6-11(13)14/h2-5,8,12H,6-7H2,1H3,(H,13,14). The minimum Gasteiger partial charge on any atom is -0.496 e. The van der Waals surface area contributed by atoms with Crippen molar-refractivity contribution in [2.24, 2.45) is 0 Å². The Kier molecular flexibility index (Phi) is 5.14. The van der Waals surface area contributed by atoms with Crippen LogP contribution in [0.2, 0.25) is 0 Å². The third-order valence-electron chi connectivity index (χ3n) is 1.91. The maximum Gasteiger partial charge on any atom is 0.306 e. The van der Waals surface area contributed by atoms with Crippen LogP contribution >= 0.6 is 11.8 Å². The van der Waals surface area contributed by atoms with Crippen LogP contribution in [0.15, 0.2) is 29.2 Å². The van der Waals surface area contributed by atoms with Gasteiger partial charge in [0.1, 0.15) is 5.75 Å². The van der Waals surface area contributed by atoms with Crippen LogP contribution in [0.1, 0.15) is 6.42 Å². The summed E-state index contributed by atoms with van der Waals surface area (Å²) in [6.07, 6.45) is -1.07. The van der Waals surface area contributed by atoms with Crippen molar-refractivity contribution in [1.29, 1.82) is 0 Å². The number of benzene rings is 1. The summed E-state index contributed by atoms with van der Waals surface area (Å²) >= 11 is 1.38. The quantitative estimate of drug-likeness (QED) is 0.742. The Balaban J connectivity index is 2.50. The molecule has 0 radical (unpaired) electrons. The molecule has 4 nitrogen and oxygen atoms in total. The zero-order valence-electron chi connectivity index (χ0n) is 8.92. The highest BCUT2D eigenvalue weighted by Gasteiger charge is 2.11. The molecule has 16 heavy (non-hydrogen) atoms. The largest absolute Gasteiger partial charge is 0.496 e. The molecule has 0 aliphatic rings. The van der Waals surface area contributed by atoms with Gasteiger partial charge in [0, 0.05) is 10.6 Å². The average Bonchev–Trinajstić information content (AvgIpc) is 2.26. The number of carboxylic acids is 1. The molecule has 0 fully saturated rings. The van der Waals surface area contributed by atoms with Crippen molar-refractivity contribution in [3.05, 3.63) is 24.3 Å². The van der Waals surface area contributed by atoms with Crippen molar-refractivity contribution in [3.8, 4) is 5.75 Å². The summed E-state index contributed by atoms with van der Waals surface area (Å²) in [4.78, 5) is 11.2. The predicted octanol–water partition coefficient (Wildman–Crippen LogP) is 1.62. The SMILES string of the molecule is COc1ccccc1SCC(O)CC(=O)O. The second-order valence-electron chi connectivity index (χ2n) is 3.21. The number of rotatable bonds is 6. The fourth-order valence-corrected chi connectivity index (χ4v) is 2.14. The van der Waals surface area contributed by atoms with Gasteiger partial charge in [-0.3, -0.25) is 4.79 Å². The average molecular weight is 242 g/mol. The summed E-state index contributed by atoms with van der Waals surface area (Å²) in [5.41, 5.74) is 0. The zero-order chi connectivity index (χ0) is 12.0. The van der Waals surface area contributed by atoms with Crippen LogP contribution in [0.3, 0.4) is 0 Å². The molecule has 0 saturated carbocycles. The molecule has 1 aromatic carbocycles. The molecular weight excluding hydrogens is 228 g/mol. The lowest BCUT2D eigenvalue weighted by molar-refractivity contribution is -0.138. The van der Waals surface area contributed by atoms with E-state index in [1.165, 1.54) is 11.8 Å². The lowest BCUT2D eigenvalue weighted by Crippen LogP contribution is -2.15. The molecule has 1 atom stereocenters. The number of hydrogen-bond acceptors (Lipinski definition) is 4. The number of hydrogen-bond donors (Lipinski definition) is 2. The van der Waals surface area contributed by atoms with Gasteiger partial charge in [-0.05, 0) is 12.1 Å². The van der Waals surface area contributed by atoms with E-state index in [4.69, 9.17) is 9.84 Å². The van der Waals surface area contributed by atoms with E-state index < -0.39 is 12.1 Å². The molecule has 0 heterocycles. The lowest BCUT2D eigenvalue weighted by atomic mass is 10.3. The summed E-state index contributed by atoms with van der Waals surface area (Å²) in [5, 5.41) is 17.9. The van der Waals surface area contributed by atoms with E-state index in [-0.39, 0.29) is 6.42 Å². The molecule has 88 valence electrons. The predicted molar refractivity (Wildman–Crippen MR) is 62.0 cm³/mol. The van der Waals surface area contributed by atoms with E-state index in [0.29, 0.717) is 5.75 Å². The first-order valence-electron chi connectivity index (χ1n) is 4.79. The van der Waals surface area contributed by atoms with Crippen molar-refractivity contribution in [2.45, 2.75) is 17.4 Å². The molecule has 1 rings (SSSR count). The number of aliphatic carboxylic acids is 1. The fraction of sp³-hybridized carbons (Fsp3) is 0.364. The summed E-state index contributed by atoms with van der Waals surface area (Å²) < 4.78 is 5.14. The van der Waals surface area contributed by atoms with Gasteiger partial charge in [-0.15, -0.1) is 11.8 Å². The molecule has 1 aromatic rings.